The monoisotopic (exact) mass is 268 g/mol. The molecule has 0 radical (unpaired) electrons. The Morgan fingerprint density at radius 1 is 1.05 bits per heavy atom. The first-order valence-electron chi connectivity index (χ1n) is 6.57. The molecule has 4 nitrogen and oxygen atoms in total. The number of benzene rings is 2. The van der Waals surface area contributed by atoms with Crippen LogP contribution in [-0.2, 0) is 0 Å². The van der Waals surface area contributed by atoms with Gasteiger partial charge in [0.05, 0.1) is 11.7 Å². The van der Waals surface area contributed by atoms with Gasteiger partial charge in [0, 0.05) is 11.4 Å². The van der Waals surface area contributed by atoms with Crippen molar-refractivity contribution in [3.05, 3.63) is 48.7 Å². The summed E-state index contributed by atoms with van der Waals surface area (Å²) in [5.41, 5.74) is 1.10. The molecule has 0 aliphatic rings. The fraction of sp³-hybridized carbons (Fsp3) is 0.188. The first-order valence-corrected chi connectivity index (χ1v) is 6.57. The molecule has 1 heterocycles. The van der Waals surface area contributed by atoms with Crippen LogP contribution in [0.15, 0.2) is 48.7 Å². The second kappa shape index (κ2) is 4.89. The lowest BCUT2D eigenvalue weighted by Gasteiger charge is -2.08. The van der Waals surface area contributed by atoms with Crippen molar-refractivity contribution in [1.29, 1.82) is 0 Å². The van der Waals surface area contributed by atoms with E-state index in [1.165, 1.54) is 0 Å². The minimum absolute atomic E-state index is 0.228. The summed E-state index contributed by atoms with van der Waals surface area (Å²) in [6.07, 6.45) is 1.85. The molecular formula is C16H16N2O2. The minimum Gasteiger partial charge on any atom is -0.508 e. The second-order valence-corrected chi connectivity index (χ2v) is 5.00. The van der Waals surface area contributed by atoms with E-state index >= 15 is 0 Å². The summed E-state index contributed by atoms with van der Waals surface area (Å²) in [4.78, 5) is 0. The Bertz CT molecular complexity index is 730. The molecule has 0 bridgehead atoms. The van der Waals surface area contributed by atoms with Gasteiger partial charge in [-0.3, -0.25) is 4.68 Å². The molecule has 20 heavy (non-hydrogen) atoms. The molecule has 0 spiro atoms. The van der Waals surface area contributed by atoms with Crippen LogP contribution in [-0.4, -0.2) is 14.9 Å². The van der Waals surface area contributed by atoms with Gasteiger partial charge in [-0.25, -0.2) is 0 Å². The lowest BCUT2D eigenvalue weighted by atomic mass is 10.2. The molecule has 3 aromatic rings. The maximum absolute atomic E-state index is 9.25. The molecule has 0 amide bonds. The van der Waals surface area contributed by atoms with Crippen LogP contribution in [0.4, 0.5) is 0 Å². The largest absolute Gasteiger partial charge is 0.508 e. The maximum atomic E-state index is 9.25. The smallest absolute Gasteiger partial charge is 0.128 e. The van der Waals surface area contributed by atoms with E-state index in [9.17, 15) is 5.11 Å². The zero-order valence-electron chi connectivity index (χ0n) is 11.4. The number of nitrogens with zero attached hydrogens (tertiary/aromatic N) is 2. The number of aromatic hydroxyl groups is 1. The molecule has 0 saturated heterocycles. The van der Waals surface area contributed by atoms with Gasteiger partial charge in [-0.1, -0.05) is 0 Å². The number of hydrogen-bond donors (Lipinski definition) is 1. The lowest BCUT2D eigenvalue weighted by Crippen LogP contribution is -2.01. The highest BCUT2D eigenvalue weighted by molar-refractivity contribution is 5.80. The van der Waals surface area contributed by atoms with Gasteiger partial charge in [0.1, 0.15) is 17.2 Å². The molecule has 0 atom stereocenters. The molecule has 1 N–H and O–H groups in total. The third-order valence-corrected chi connectivity index (χ3v) is 3.13. The van der Waals surface area contributed by atoms with Gasteiger partial charge in [-0.15, -0.1) is 0 Å². The quantitative estimate of drug-likeness (QED) is 0.777. The van der Waals surface area contributed by atoms with Gasteiger partial charge in [0.15, 0.2) is 0 Å². The van der Waals surface area contributed by atoms with E-state index in [1.54, 1.807) is 24.3 Å². The molecule has 4 heteroatoms. The van der Waals surface area contributed by atoms with E-state index in [0.717, 1.165) is 16.7 Å². The van der Waals surface area contributed by atoms with Crippen LogP contribution in [0, 0.1) is 0 Å². The summed E-state index contributed by atoms with van der Waals surface area (Å²) in [6.45, 7) is 4.21. The van der Waals surface area contributed by atoms with Crippen LogP contribution in [0.3, 0.4) is 0 Å². The van der Waals surface area contributed by atoms with Crippen molar-refractivity contribution in [2.24, 2.45) is 0 Å². The van der Waals surface area contributed by atoms with E-state index in [4.69, 9.17) is 4.74 Å². The predicted molar refractivity (Wildman–Crippen MR) is 78.3 cm³/mol. The summed E-state index contributed by atoms with van der Waals surface area (Å²) in [6, 6.07) is 12.9. The van der Waals surface area contributed by atoms with Crippen molar-refractivity contribution in [2.45, 2.75) is 19.9 Å². The number of phenols is 1. The van der Waals surface area contributed by atoms with Crippen molar-refractivity contribution in [3.63, 3.8) is 0 Å². The molecule has 0 saturated carbocycles. The van der Waals surface area contributed by atoms with Crippen molar-refractivity contribution in [1.82, 2.24) is 9.78 Å². The normalized spacial score (nSPS) is 11.2. The molecule has 0 fully saturated rings. The van der Waals surface area contributed by atoms with Gasteiger partial charge < -0.3 is 9.84 Å². The minimum atomic E-state index is 0.228. The van der Waals surface area contributed by atoms with Crippen molar-refractivity contribution < 1.29 is 9.84 Å². The number of aromatic nitrogens is 2. The average molecular weight is 268 g/mol. The molecule has 2 aromatic carbocycles. The third kappa shape index (κ3) is 2.32. The Labute approximate surface area is 117 Å². The molecular weight excluding hydrogens is 252 g/mol. The number of hydrogen-bond acceptors (Lipinski definition) is 3. The number of ether oxygens (including phenoxy) is 1. The van der Waals surface area contributed by atoms with Crippen LogP contribution < -0.4 is 4.74 Å². The van der Waals surface area contributed by atoms with Crippen LogP contribution >= 0.6 is 0 Å². The number of rotatable bonds is 3. The van der Waals surface area contributed by atoms with E-state index in [0.29, 0.717) is 11.8 Å². The maximum Gasteiger partial charge on any atom is 0.128 e. The fourth-order valence-corrected chi connectivity index (χ4v) is 2.16. The van der Waals surface area contributed by atoms with Crippen LogP contribution in [0.2, 0.25) is 0 Å². The molecule has 1 aromatic heterocycles. The van der Waals surface area contributed by atoms with E-state index < -0.39 is 0 Å². The average Bonchev–Trinajstić information content (AvgIpc) is 2.84. The molecule has 3 rings (SSSR count). The highest BCUT2D eigenvalue weighted by Crippen LogP contribution is 2.27. The zero-order valence-corrected chi connectivity index (χ0v) is 11.4. The fourth-order valence-electron chi connectivity index (χ4n) is 2.16. The van der Waals surface area contributed by atoms with Crippen molar-refractivity contribution in [3.8, 4) is 17.2 Å². The Hall–Kier alpha value is -2.49. The van der Waals surface area contributed by atoms with Gasteiger partial charge in [-0.2, -0.15) is 5.10 Å². The second-order valence-electron chi connectivity index (χ2n) is 5.00. The summed E-state index contributed by atoms with van der Waals surface area (Å²) in [5, 5.41) is 14.7. The van der Waals surface area contributed by atoms with Gasteiger partial charge in [0.2, 0.25) is 0 Å². The third-order valence-electron chi connectivity index (χ3n) is 3.13. The summed E-state index contributed by atoms with van der Waals surface area (Å²) < 4.78 is 7.75. The summed E-state index contributed by atoms with van der Waals surface area (Å²) in [7, 11) is 0. The van der Waals surface area contributed by atoms with E-state index in [-0.39, 0.29) is 5.75 Å². The first-order chi connectivity index (χ1) is 9.63. The Balaban J connectivity index is 1.91. The van der Waals surface area contributed by atoms with Crippen LogP contribution in [0.25, 0.3) is 10.9 Å². The summed E-state index contributed by atoms with van der Waals surface area (Å²) in [5.74, 6) is 1.68. The molecule has 0 aliphatic heterocycles. The van der Waals surface area contributed by atoms with Crippen LogP contribution in [0.1, 0.15) is 19.9 Å². The molecule has 0 unspecified atom stereocenters. The Morgan fingerprint density at radius 2 is 1.75 bits per heavy atom. The van der Waals surface area contributed by atoms with Crippen molar-refractivity contribution in [2.75, 3.05) is 0 Å². The van der Waals surface area contributed by atoms with Gasteiger partial charge >= 0.3 is 0 Å². The topological polar surface area (TPSA) is 47.3 Å². The standard InChI is InChI=1S/C16H16N2O2/c1-11(2)18-16-8-7-15(9-12(16)10-17-18)20-14-5-3-13(19)4-6-14/h3-11,19H,1-2H3. The SMILES string of the molecule is CC(C)n1ncc2cc(Oc3ccc(O)cc3)ccc21. The Morgan fingerprint density at radius 3 is 2.45 bits per heavy atom. The van der Waals surface area contributed by atoms with Crippen molar-refractivity contribution >= 4 is 10.9 Å². The van der Waals surface area contributed by atoms with E-state index in [1.807, 2.05) is 29.1 Å². The highest BCUT2D eigenvalue weighted by atomic mass is 16.5. The molecule has 102 valence electrons. The first kappa shape index (κ1) is 12.5. The number of fused-ring (bicyclic) bond motifs is 1. The van der Waals surface area contributed by atoms with E-state index in [2.05, 4.69) is 18.9 Å². The molecule has 0 aliphatic carbocycles. The summed E-state index contributed by atoms with van der Waals surface area (Å²) >= 11 is 0. The van der Waals surface area contributed by atoms with Gasteiger partial charge in [0.25, 0.3) is 0 Å². The lowest BCUT2D eigenvalue weighted by molar-refractivity contribution is 0.464. The Kier molecular flexibility index (Phi) is 3.06. The van der Waals surface area contributed by atoms with Crippen LogP contribution in [0.5, 0.6) is 17.2 Å². The highest BCUT2D eigenvalue weighted by Gasteiger charge is 2.07. The predicted octanol–water partition coefficient (Wildman–Crippen LogP) is 4.12. The zero-order chi connectivity index (χ0) is 14.1. The number of phenolic OH excluding ortho intramolecular Hbond substituents is 1. The van der Waals surface area contributed by atoms with Gasteiger partial charge in [-0.05, 0) is 56.3 Å².